The van der Waals surface area contributed by atoms with Crippen molar-refractivity contribution in [2.24, 2.45) is 11.8 Å². The second kappa shape index (κ2) is 6.02. The molecule has 12 heavy (non-hydrogen) atoms. The Labute approximate surface area is 76.0 Å². The minimum Gasteiger partial charge on any atom is -0.302 e. The average Bonchev–Trinajstić information content (AvgIpc) is 1.96. The zero-order valence-electron chi connectivity index (χ0n) is 8.59. The molecular weight excluding hydrogens is 148 g/mol. The molecule has 70 valence electrons. The van der Waals surface area contributed by atoms with Crippen LogP contribution in [0.5, 0.6) is 0 Å². The Morgan fingerprint density at radius 3 is 2.17 bits per heavy atom. The standard InChI is InChI=1S/C10H20N2/c1-8(2)5-6-12-10(7-11)9(3)4/h8-10,12H,5-6H2,1-4H3. The molecule has 0 saturated carbocycles. The van der Waals surface area contributed by atoms with Gasteiger partial charge in [0.25, 0.3) is 0 Å². The Morgan fingerprint density at radius 2 is 1.83 bits per heavy atom. The number of rotatable bonds is 5. The van der Waals surface area contributed by atoms with Gasteiger partial charge in [-0.05, 0) is 24.8 Å². The summed E-state index contributed by atoms with van der Waals surface area (Å²) in [6, 6.07) is 2.28. The molecule has 2 nitrogen and oxygen atoms in total. The van der Waals surface area contributed by atoms with E-state index in [1.807, 2.05) is 0 Å². The molecule has 0 aromatic carbocycles. The average molecular weight is 168 g/mol. The molecule has 0 aliphatic heterocycles. The van der Waals surface area contributed by atoms with Gasteiger partial charge < -0.3 is 5.32 Å². The Balaban J connectivity index is 3.54. The lowest BCUT2D eigenvalue weighted by Crippen LogP contribution is -2.33. The molecule has 0 spiro atoms. The van der Waals surface area contributed by atoms with E-state index in [2.05, 4.69) is 39.1 Å². The van der Waals surface area contributed by atoms with Crippen molar-refractivity contribution in [2.45, 2.75) is 40.2 Å². The van der Waals surface area contributed by atoms with Crippen LogP contribution < -0.4 is 5.32 Å². The van der Waals surface area contributed by atoms with Gasteiger partial charge in [-0.25, -0.2) is 0 Å². The van der Waals surface area contributed by atoms with Crippen LogP contribution in [0.3, 0.4) is 0 Å². The van der Waals surface area contributed by atoms with Gasteiger partial charge >= 0.3 is 0 Å². The molecule has 0 rings (SSSR count). The van der Waals surface area contributed by atoms with E-state index in [9.17, 15) is 0 Å². The summed E-state index contributed by atoms with van der Waals surface area (Å²) in [6.45, 7) is 9.47. The normalized spacial score (nSPS) is 13.4. The summed E-state index contributed by atoms with van der Waals surface area (Å²) in [5.41, 5.74) is 0. The fourth-order valence-corrected chi connectivity index (χ4v) is 0.958. The number of hydrogen-bond donors (Lipinski definition) is 1. The molecule has 1 N–H and O–H groups in total. The van der Waals surface area contributed by atoms with E-state index in [-0.39, 0.29) is 6.04 Å². The van der Waals surface area contributed by atoms with Gasteiger partial charge in [0, 0.05) is 0 Å². The molecule has 0 heterocycles. The van der Waals surface area contributed by atoms with Crippen molar-refractivity contribution >= 4 is 0 Å². The second-order valence-electron chi connectivity index (χ2n) is 3.99. The summed E-state index contributed by atoms with van der Waals surface area (Å²) in [5.74, 6) is 1.12. The van der Waals surface area contributed by atoms with E-state index in [4.69, 9.17) is 5.26 Å². The Kier molecular flexibility index (Phi) is 5.74. The van der Waals surface area contributed by atoms with Crippen molar-refractivity contribution in [3.05, 3.63) is 0 Å². The van der Waals surface area contributed by atoms with Crippen LogP contribution in [-0.2, 0) is 0 Å². The zero-order valence-corrected chi connectivity index (χ0v) is 8.59. The maximum Gasteiger partial charge on any atom is 0.0976 e. The minimum atomic E-state index is 0.0174. The minimum absolute atomic E-state index is 0.0174. The number of nitrogens with zero attached hydrogens (tertiary/aromatic N) is 1. The predicted octanol–water partition coefficient (Wildman–Crippen LogP) is 2.17. The van der Waals surface area contributed by atoms with Crippen LogP contribution in [0.1, 0.15) is 34.1 Å². The van der Waals surface area contributed by atoms with Crippen molar-refractivity contribution < 1.29 is 0 Å². The lowest BCUT2D eigenvalue weighted by Gasteiger charge is -2.15. The summed E-state index contributed by atoms with van der Waals surface area (Å²) in [4.78, 5) is 0. The van der Waals surface area contributed by atoms with Gasteiger partial charge in [-0.1, -0.05) is 27.7 Å². The molecule has 0 bridgehead atoms. The van der Waals surface area contributed by atoms with Crippen LogP contribution in [0.15, 0.2) is 0 Å². The quantitative estimate of drug-likeness (QED) is 0.683. The molecule has 0 amide bonds. The van der Waals surface area contributed by atoms with E-state index < -0.39 is 0 Å². The molecule has 1 atom stereocenters. The maximum atomic E-state index is 8.75. The SMILES string of the molecule is CC(C)CCNC(C#N)C(C)C. The van der Waals surface area contributed by atoms with Crippen molar-refractivity contribution in [3.8, 4) is 6.07 Å². The lowest BCUT2D eigenvalue weighted by atomic mass is 10.1. The summed E-state index contributed by atoms with van der Waals surface area (Å²) in [5, 5.41) is 12.0. The van der Waals surface area contributed by atoms with E-state index in [1.165, 1.54) is 0 Å². The van der Waals surface area contributed by atoms with Crippen LogP contribution in [0, 0.1) is 23.2 Å². The second-order valence-corrected chi connectivity index (χ2v) is 3.99. The smallest absolute Gasteiger partial charge is 0.0976 e. The molecule has 0 aromatic rings. The Morgan fingerprint density at radius 1 is 1.25 bits per heavy atom. The van der Waals surface area contributed by atoms with Gasteiger partial charge in [0.2, 0.25) is 0 Å². The molecule has 0 aliphatic rings. The number of hydrogen-bond acceptors (Lipinski definition) is 2. The molecule has 0 aliphatic carbocycles. The van der Waals surface area contributed by atoms with Crippen LogP contribution in [0.2, 0.25) is 0 Å². The largest absolute Gasteiger partial charge is 0.302 e. The Bertz CT molecular complexity index is 144. The zero-order chi connectivity index (χ0) is 9.56. The maximum absolute atomic E-state index is 8.75. The summed E-state index contributed by atoms with van der Waals surface area (Å²) >= 11 is 0. The van der Waals surface area contributed by atoms with E-state index in [1.54, 1.807) is 0 Å². The lowest BCUT2D eigenvalue weighted by molar-refractivity contribution is 0.444. The highest BCUT2D eigenvalue weighted by molar-refractivity contribution is 4.91. The van der Waals surface area contributed by atoms with E-state index in [0.717, 1.165) is 13.0 Å². The van der Waals surface area contributed by atoms with Gasteiger partial charge in [-0.3, -0.25) is 0 Å². The first kappa shape index (κ1) is 11.4. The molecular formula is C10H20N2. The highest BCUT2D eigenvalue weighted by Gasteiger charge is 2.10. The molecule has 0 radical (unpaired) electrons. The third-order valence-electron chi connectivity index (χ3n) is 1.89. The fraction of sp³-hybridized carbons (Fsp3) is 0.900. The number of nitriles is 1. The van der Waals surface area contributed by atoms with Crippen molar-refractivity contribution in [1.29, 1.82) is 5.26 Å². The summed E-state index contributed by atoms with van der Waals surface area (Å²) in [7, 11) is 0. The van der Waals surface area contributed by atoms with Crippen LogP contribution >= 0.6 is 0 Å². The third-order valence-corrected chi connectivity index (χ3v) is 1.89. The van der Waals surface area contributed by atoms with Gasteiger partial charge in [-0.2, -0.15) is 5.26 Å². The van der Waals surface area contributed by atoms with Crippen molar-refractivity contribution in [1.82, 2.24) is 5.32 Å². The highest BCUT2D eigenvalue weighted by Crippen LogP contribution is 2.02. The number of nitrogens with one attached hydrogen (secondary N) is 1. The first-order valence-electron chi connectivity index (χ1n) is 4.71. The fourth-order valence-electron chi connectivity index (χ4n) is 0.958. The van der Waals surface area contributed by atoms with Crippen molar-refractivity contribution in [2.75, 3.05) is 6.54 Å². The van der Waals surface area contributed by atoms with Crippen molar-refractivity contribution in [3.63, 3.8) is 0 Å². The monoisotopic (exact) mass is 168 g/mol. The van der Waals surface area contributed by atoms with Crippen LogP contribution in [0.4, 0.5) is 0 Å². The Hall–Kier alpha value is -0.550. The summed E-state index contributed by atoms with van der Waals surface area (Å²) < 4.78 is 0. The third kappa shape index (κ3) is 5.15. The molecule has 1 unspecified atom stereocenters. The first-order valence-corrected chi connectivity index (χ1v) is 4.71. The highest BCUT2D eigenvalue weighted by atomic mass is 14.9. The topological polar surface area (TPSA) is 35.8 Å². The summed E-state index contributed by atoms with van der Waals surface area (Å²) in [6.07, 6.45) is 1.14. The van der Waals surface area contributed by atoms with Gasteiger partial charge in [0.15, 0.2) is 0 Å². The van der Waals surface area contributed by atoms with Crippen LogP contribution in [0.25, 0.3) is 0 Å². The molecule has 2 heteroatoms. The molecule has 0 fully saturated rings. The first-order chi connectivity index (χ1) is 5.57. The van der Waals surface area contributed by atoms with Crippen LogP contribution in [-0.4, -0.2) is 12.6 Å². The predicted molar refractivity (Wildman–Crippen MR) is 51.7 cm³/mol. The molecule has 0 aromatic heterocycles. The van der Waals surface area contributed by atoms with E-state index >= 15 is 0 Å². The molecule has 0 saturated heterocycles. The van der Waals surface area contributed by atoms with Gasteiger partial charge in [0.05, 0.1) is 12.1 Å². The van der Waals surface area contributed by atoms with E-state index in [0.29, 0.717) is 11.8 Å². The van der Waals surface area contributed by atoms with Gasteiger partial charge in [-0.15, -0.1) is 0 Å². The van der Waals surface area contributed by atoms with Gasteiger partial charge in [0.1, 0.15) is 0 Å².